The Morgan fingerprint density at radius 1 is 1.43 bits per heavy atom. The fourth-order valence-electron chi connectivity index (χ4n) is 1.07. The molecule has 1 aromatic carbocycles. The van der Waals surface area contributed by atoms with Gasteiger partial charge in [0, 0.05) is 4.47 Å². The summed E-state index contributed by atoms with van der Waals surface area (Å²) >= 11 is 3.32. The van der Waals surface area contributed by atoms with E-state index < -0.39 is 0 Å². The van der Waals surface area contributed by atoms with Crippen LogP contribution in [-0.2, 0) is 4.74 Å². The Hall–Kier alpha value is -0.830. The van der Waals surface area contributed by atoms with Gasteiger partial charge in [0.15, 0.2) is 0 Å². The molecule has 0 bridgehead atoms. The van der Waals surface area contributed by atoms with Crippen LogP contribution in [0.4, 0.5) is 0 Å². The molecule has 0 heterocycles. The lowest BCUT2D eigenvalue weighted by molar-refractivity contribution is 0.0376. The minimum Gasteiger partial charge on any atom is -0.459 e. The second-order valence-corrected chi connectivity index (χ2v) is 4.29. The number of aryl methyl sites for hydroxylation is 1. The van der Waals surface area contributed by atoms with Gasteiger partial charge in [0.1, 0.15) is 0 Å². The molecule has 0 unspecified atom stereocenters. The van der Waals surface area contributed by atoms with Gasteiger partial charge in [0.2, 0.25) is 0 Å². The van der Waals surface area contributed by atoms with Crippen LogP contribution in [0.3, 0.4) is 0 Å². The summed E-state index contributed by atoms with van der Waals surface area (Å²) in [4.78, 5) is 11.6. The summed E-state index contributed by atoms with van der Waals surface area (Å²) in [6.45, 7) is 5.61. The first-order chi connectivity index (χ1) is 6.50. The van der Waals surface area contributed by atoms with E-state index in [1.165, 1.54) is 0 Å². The molecule has 3 heteroatoms. The van der Waals surface area contributed by atoms with Crippen molar-refractivity contribution in [3.63, 3.8) is 0 Å². The van der Waals surface area contributed by atoms with Crippen molar-refractivity contribution in [2.24, 2.45) is 0 Å². The van der Waals surface area contributed by atoms with Crippen LogP contribution in [0.15, 0.2) is 22.7 Å². The van der Waals surface area contributed by atoms with Crippen LogP contribution in [0.25, 0.3) is 0 Å². The van der Waals surface area contributed by atoms with E-state index in [1.807, 2.05) is 39.0 Å². The van der Waals surface area contributed by atoms with E-state index in [2.05, 4.69) is 15.9 Å². The van der Waals surface area contributed by atoms with Gasteiger partial charge in [0.25, 0.3) is 0 Å². The average molecular weight is 257 g/mol. The zero-order valence-electron chi connectivity index (χ0n) is 8.50. The van der Waals surface area contributed by atoms with E-state index in [1.54, 1.807) is 0 Å². The highest BCUT2D eigenvalue weighted by Gasteiger charge is 2.12. The predicted molar refractivity (Wildman–Crippen MR) is 59.4 cm³/mol. The van der Waals surface area contributed by atoms with E-state index in [0.717, 1.165) is 10.0 Å². The first-order valence-electron chi connectivity index (χ1n) is 4.48. The average Bonchev–Trinajstić information content (AvgIpc) is 2.08. The lowest BCUT2D eigenvalue weighted by Crippen LogP contribution is -2.12. The molecule has 0 aliphatic heterocycles. The SMILES string of the molecule is Cc1ccc(Br)c(C(=O)OC(C)C)c1. The van der Waals surface area contributed by atoms with E-state index in [0.29, 0.717) is 5.56 Å². The summed E-state index contributed by atoms with van der Waals surface area (Å²) in [5.74, 6) is -0.282. The van der Waals surface area contributed by atoms with Crippen molar-refractivity contribution >= 4 is 21.9 Å². The van der Waals surface area contributed by atoms with E-state index in [-0.39, 0.29) is 12.1 Å². The maximum Gasteiger partial charge on any atom is 0.339 e. The van der Waals surface area contributed by atoms with Crippen molar-refractivity contribution in [2.45, 2.75) is 26.9 Å². The second-order valence-electron chi connectivity index (χ2n) is 3.44. The Kier molecular flexibility index (Phi) is 3.69. The lowest BCUT2D eigenvalue weighted by atomic mass is 10.1. The Bertz CT molecular complexity index is 345. The largest absolute Gasteiger partial charge is 0.459 e. The molecule has 0 amide bonds. The Morgan fingerprint density at radius 3 is 2.64 bits per heavy atom. The van der Waals surface area contributed by atoms with Crippen molar-refractivity contribution in [1.29, 1.82) is 0 Å². The zero-order valence-corrected chi connectivity index (χ0v) is 10.1. The predicted octanol–water partition coefficient (Wildman–Crippen LogP) is 3.32. The van der Waals surface area contributed by atoms with Crippen LogP contribution in [0.5, 0.6) is 0 Å². The van der Waals surface area contributed by atoms with E-state index in [4.69, 9.17) is 4.74 Å². The first-order valence-corrected chi connectivity index (χ1v) is 5.27. The molecule has 1 rings (SSSR count). The Morgan fingerprint density at radius 2 is 2.07 bits per heavy atom. The molecule has 0 aliphatic rings. The maximum absolute atomic E-state index is 11.6. The Balaban J connectivity index is 2.94. The molecule has 0 spiro atoms. The van der Waals surface area contributed by atoms with Gasteiger partial charge < -0.3 is 4.74 Å². The summed E-state index contributed by atoms with van der Waals surface area (Å²) in [7, 11) is 0. The van der Waals surface area contributed by atoms with Gasteiger partial charge in [0.05, 0.1) is 11.7 Å². The number of benzene rings is 1. The van der Waals surface area contributed by atoms with Crippen molar-refractivity contribution in [1.82, 2.24) is 0 Å². The van der Waals surface area contributed by atoms with Gasteiger partial charge >= 0.3 is 5.97 Å². The molecular formula is C11H13BrO2. The van der Waals surface area contributed by atoms with Crippen molar-refractivity contribution < 1.29 is 9.53 Å². The summed E-state index contributed by atoms with van der Waals surface area (Å²) in [5.41, 5.74) is 1.63. The maximum atomic E-state index is 11.6. The van der Waals surface area contributed by atoms with Gasteiger partial charge in [-0.2, -0.15) is 0 Å². The van der Waals surface area contributed by atoms with Crippen LogP contribution >= 0.6 is 15.9 Å². The summed E-state index contributed by atoms with van der Waals surface area (Å²) in [5, 5.41) is 0. The molecule has 14 heavy (non-hydrogen) atoms. The van der Waals surface area contributed by atoms with Crippen LogP contribution in [0, 0.1) is 6.92 Å². The summed E-state index contributed by atoms with van der Waals surface area (Å²) in [6.07, 6.45) is -0.0880. The normalized spacial score (nSPS) is 10.4. The number of carbonyl (C=O) groups excluding carboxylic acids is 1. The lowest BCUT2D eigenvalue weighted by Gasteiger charge is -2.09. The molecule has 0 N–H and O–H groups in total. The highest BCUT2D eigenvalue weighted by Crippen LogP contribution is 2.19. The number of carbonyl (C=O) groups is 1. The number of hydrogen-bond acceptors (Lipinski definition) is 2. The molecule has 76 valence electrons. The standard InChI is InChI=1S/C11H13BrO2/c1-7(2)14-11(13)9-6-8(3)4-5-10(9)12/h4-7H,1-3H3. The zero-order chi connectivity index (χ0) is 10.7. The monoisotopic (exact) mass is 256 g/mol. The fourth-order valence-corrected chi connectivity index (χ4v) is 1.48. The molecular weight excluding hydrogens is 244 g/mol. The van der Waals surface area contributed by atoms with Gasteiger partial charge in [-0.25, -0.2) is 4.79 Å². The van der Waals surface area contributed by atoms with Crippen LogP contribution < -0.4 is 0 Å². The number of ether oxygens (including phenoxy) is 1. The fraction of sp³-hybridized carbons (Fsp3) is 0.364. The van der Waals surface area contributed by atoms with Gasteiger partial charge in [-0.3, -0.25) is 0 Å². The first kappa shape index (κ1) is 11.2. The minimum atomic E-state index is -0.282. The number of esters is 1. The third kappa shape index (κ3) is 2.84. The molecule has 2 nitrogen and oxygen atoms in total. The molecule has 0 saturated carbocycles. The van der Waals surface area contributed by atoms with E-state index in [9.17, 15) is 4.79 Å². The number of rotatable bonds is 2. The van der Waals surface area contributed by atoms with Crippen molar-refractivity contribution in [2.75, 3.05) is 0 Å². The topological polar surface area (TPSA) is 26.3 Å². The van der Waals surface area contributed by atoms with Crippen molar-refractivity contribution in [3.8, 4) is 0 Å². The molecule has 0 radical (unpaired) electrons. The highest BCUT2D eigenvalue weighted by molar-refractivity contribution is 9.10. The van der Waals surface area contributed by atoms with Gasteiger partial charge in [-0.1, -0.05) is 11.6 Å². The number of hydrogen-bond donors (Lipinski definition) is 0. The number of halogens is 1. The third-order valence-electron chi connectivity index (χ3n) is 1.68. The molecule has 0 fully saturated rings. The molecule has 1 aromatic rings. The quantitative estimate of drug-likeness (QED) is 0.759. The summed E-state index contributed by atoms with van der Waals surface area (Å²) in [6, 6.07) is 5.61. The highest BCUT2D eigenvalue weighted by atomic mass is 79.9. The van der Waals surface area contributed by atoms with Crippen LogP contribution in [-0.4, -0.2) is 12.1 Å². The molecule has 0 saturated heterocycles. The summed E-state index contributed by atoms with van der Waals surface area (Å²) < 4.78 is 5.88. The second kappa shape index (κ2) is 4.60. The molecule has 0 aliphatic carbocycles. The van der Waals surface area contributed by atoms with Crippen molar-refractivity contribution in [3.05, 3.63) is 33.8 Å². The molecule has 0 atom stereocenters. The van der Waals surface area contributed by atoms with Gasteiger partial charge in [-0.15, -0.1) is 0 Å². The van der Waals surface area contributed by atoms with Crippen LogP contribution in [0.1, 0.15) is 29.8 Å². The van der Waals surface area contributed by atoms with Gasteiger partial charge in [-0.05, 0) is 48.8 Å². The van der Waals surface area contributed by atoms with E-state index >= 15 is 0 Å². The smallest absolute Gasteiger partial charge is 0.339 e. The third-order valence-corrected chi connectivity index (χ3v) is 2.38. The van der Waals surface area contributed by atoms with Crippen LogP contribution in [0.2, 0.25) is 0 Å². The minimum absolute atomic E-state index is 0.0880. The Labute approximate surface area is 92.4 Å². The molecule has 0 aromatic heterocycles.